The predicted octanol–water partition coefficient (Wildman–Crippen LogP) is 2.42. The van der Waals surface area contributed by atoms with Gasteiger partial charge in [-0.15, -0.1) is 0 Å². The predicted molar refractivity (Wildman–Crippen MR) is 65.5 cm³/mol. The quantitative estimate of drug-likeness (QED) is 0.917. The highest BCUT2D eigenvalue weighted by Crippen LogP contribution is 2.36. The van der Waals surface area contributed by atoms with Crippen molar-refractivity contribution in [2.24, 2.45) is 0 Å². The van der Waals surface area contributed by atoms with Crippen molar-refractivity contribution in [3.63, 3.8) is 0 Å². The molecule has 3 rings (SSSR count). The van der Waals surface area contributed by atoms with E-state index in [1.807, 2.05) is 0 Å². The minimum absolute atomic E-state index is 0.269. The van der Waals surface area contributed by atoms with Gasteiger partial charge in [0.05, 0.1) is 0 Å². The standard InChI is InChI=1S/C10H9BrN2O3S/c11-7-2-1-6(15-7)8-12-9(16-13-8)10(14)3-4-17-5-10/h1-2,14H,3-5H2/t10-/m0/s1. The van der Waals surface area contributed by atoms with Gasteiger partial charge < -0.3 is 14.0 Å². The van der Waals surface area contributed by atoms with E-state index >= 15 is 0 Å². The fraction of sp³-hybridized carbons (Fsp3) is 0.400. The summed E-state index contributed by atoms with van der Waals surface area (Å²) in [5, 5.41) is 14.1. The Morgan fingerprint density at radius 3 is 3.00 bits per heavy atom. The summed E-state index contributed by atoms with van der Waals surface area (Å²) in [6, 6.07) is 3.50. The molecule has 0 amide bonds. The first-order valence-electron chi connectivity index (χ1n) is 5.07. The maximum atomic E-state index is 10.3. The van der Waals surface area contributed by atoms with Crippen molar-refractivity contribution >= 4 is 27.7 Å². The second-order valence-corrected chi connectivity index (χ2v) is 5.75. The van der Waals surface area contributed by atoms with Crippen molar-refractivity contribution in [3.8, 4) is 11.6 Å². The monoisotopic (exact) mass is 316 g/mol. The Kier molecular flexibility index (Phi) is 2.76. The number of hydrogen-bond donors (Lipinski definition) is 1. The lowest BCUT2D eigenvalue weighted by Gasteiger charge is -2.14. The summed E-state index contributed by atoms with van der Waals surface area (Å²) >= 11 is 4.88. The Labute approximate surface area is 110 Å². The van der Waals surface area contributed by atoms with E-state index in [1.165, 1.54) is 0 Å². The summed E-state index contributed by atoms with van der Waals surface area (Å²) in [7, 11) is 0. The fourth-order valence-electron chi connectivity index (χ4n) is 1.67. The number of aromatic nitrogens is 2. The van der Waals surface area contributed by atoms with Crippen LogP contribution in [-0.2, 0) is 5.60 Å². The summed E-state index contributed by atoms with van der Waals surface area (Å²) in [6.45, 7) is 0. The van der Waals surface area contributed by atoms with Gasteiger partial charge in [0.1, 0.15) is 0 Å². The van der Waals surface area contributed by atoms with Crippen molar-refractivity contribution in [2.45, 2.75) is 12.0 Å². The third-order valence-corrected chi connectivity index (χ3v) is 4.22. The molecule has 0 radical (unpaired) electrons. The SMILES string of the molecule is O[C@@]1(c2nc(-c3ccc(Br)o3)no2)CCSC1. The molecule has 0 bridgehead atoms. The second-order valence-electron chi connectivity index (χ2n) is 3.86. The topological polar surface area (TPSA) is 72.3 Å². The van der Waals surface area contributed by atoms with Crippen LogP contribution < -0.4 is 0 Å². The maximum Gasteiger partial charge on any atom is 0.259 e. The van der Waals surface area contributed by atoms with E-state index in [1.54, 1.807) is 23.9 Å². The number of aliphatic hydroxyl groups is 1. The van der Waals surface area contributed by atoms with Gasteiger partial charge in [-0.2, -0.15) is 16.7 Å². The first-order valence-corrected chi connectivity index (χ1v) is 7.02. The molecule has 1 aliphatic rings. The highest BCUT2D eigenvalue weighted by Gasteiger charge is 2.39. The van der Waals surface area contributed by atoms with Gasteiger partial charge in [-0.3, -0.25) is 0 Å². The van der Waals surface area contributed by atoms with Crippen LogP contribution >= 0.6 is 27.7 Å². The third kappa shape index (κ3) is 2.02. The molecular weight excluding hydrogens is 308 g/mol. The van der Waals surface area contributed by atoms with Crippen LogP contribution in [0.1, 0.15) is 12.3 Å². The molecule has 90 valence electrons. The highest BCUT2D eigenvalue weighted by molar-refractivity contribution is 9.10. The second kappa shape index (κ2) is 4.15. The fourth-order valence-corrected chi connectivity index (χ4v) is 3.21. The lowest BCUT2D eigenvalue weighted by molar-refractivity contribution is 0.0307. The molecule has 0 unspecified atom stereocenters. The van der Waals surface area contributed by atoms with E-state index in [4.69, 9.17) is 8.94 Å². The van der Waals surface area contributed by atoms with Crippen molar-refractivity contribution in [1.82, 2.24) is 10.1 Å². The highest BCUT2D eigenvalue weighted by atomic mass is 79.9. The molecule has 5 nitrogen and oxygen atoms in total. The van der Waals surface area contributed by atoms with Crippen LogP contribution in [0, 0.1) is 0 Å². The summed E-state index contributed by atoms with van der Waals surface area (Å²) in [5.74, 6) is 2.64. The average molecular weight is 317 g/mol. The molecule has 7 heteroatoms. The summed E-state index contributed by atoms with van der Waals surface area (Å²) < 4.78 is 11.0. The number of rotatable bonds is 2. The molecule has 1 saturated heterocycles. The van der Waals surface area contributed by atoms with E-state index in [0.717, 1.165) is 5.75 Å². The largest absolute Gasteiger partial charge is 0.446 e. The lowest BCUT2D eigenvalue weighted by Crippen LogP contribution is -2.25. The normalized spacial score (nSPS) is 24.4. The Hall–Kier alpha value is -0.790. The van der Waals surface area contributed by atoms with Crippen molar-refractivity contribution in [1.29, 1.82) is 0 Å². The molecule has 0 aromatic carbocycles. The lowest BCUT2D eigenvalue weighted by atomic mass is 10.0. The van der Waals surface area contributed by atoms with E-state index in [2.05, 4.69) is 26.1 Å². The summed E-state index contributed by atoms with van der Waals surface area (Å²) in [6.07, 6.45) is 0.640. The Morgan fingerprint density at radius 1 is 1.47 bits per heavy atom. The number of hydrogen-bond acceptors (Lipinski definition) is 6. The first kappa shape index (κ1) is 11.3. The molecule has 2 aromatic rings. The van der Waals surface area contributed by atoms with Crippen molar-refractivity contribution in [2.75, 3.05) is 11.5 Å². The van der Waals surface area contributed by atoms with Crippen LogP contribution in [0.25, 0.3) is 11.6 Å². The van der Waals surface area contributed by atoms with Gasteiger partial charge >= 0.3 is 0 Å². The number of halogens is 1. The minimum atomic E-state index is -0.986. The molecule has 0 spiro atoms. The molecule has 1 aliphatic heterocycles. The van der Waals surface area contributed by atoms with E-state index in [0.29, 0.717) is 28.4 Å². The summed E-state index contributed by atoms with van der Waals surface area (Å²) in [4.78, 5) is 4.19. The molecule has 17 heavy (non-hydrogen) atoms. The van der Waals surface area contributed by atoms with Gasteiger partial charge in [-0.1, -0.05) is 5.16 Å². The van der Waals surface area contributed by atoms with Gasteiger partial charge in [0.2, 0.25) is 5.82 Å². The van der Waals surface area contributed by atoms with Crippen LogP contribution in [0.2, 0.25) is 0 Å². The van der Waals surface area contributed by atoms with E-state index in [9.17, 15) is 5.11 Å². The van der Waals surface area contributed by atoms with Gasteiger partial charge in [-0.05, 0) is 40.2 Å². The molecule has 2 aromatic heterocycles. The van der Waals surface area contributed by atoms with Crippen LogP contribution in [0.5, 0.6) is 0 Å². The molecular formula is C10H9BrN2O3S. The zero-order valence-electron chi connectivity index (χ0n) is 8.72. The molecule has 0 saturated carbocycles. The zero-order valence-corrected chi connectivity index (χ0v) is 11.1. The average Bonchev–Trinajstić information content (AvgIpc) is 2.96. The molecule has 3 heterocycles. The Bertz CT molecular complexity index is 533. The Morgan fingerprint density at radius 2 is 2.35 bits per heavy atom. The van der Waals surface area contributed by atoms with E-state index in [-0.39, 0.29) is 5.89 Å². The maximum absolute atomic E-state index is 10.3. The number of thioether (sulfide) groups is 1. The van der Waals surface area contributed by atoms with Gasteiger partial charge in [-0.25, -0.2) is 0 Å². The van der Waals surface area contributed by atoms with Crippen LogP contribution in [0.3, 0.4) is 0 Å². The molecule has 1 fully saturated rings. The number of furan rings is 1. The Balaban J connectivity index is 1.92. The van der Waals surface area contributed by atoms with Crippen LogP contribution in [0.4, 0.5) is 0 Å². The van der Waals surface area contributed by atoms with Crippen molar-refractivity contribution < 1.29 is 14.0 Å². The minimum Gasteiger partial charge on any atom is -0.446 e. The zero-order chi connectivity index (χ0) is 11.9. The van der Waals surface area contributed by atoms with Gasteiger partial charge in [0.25, 0.3) is 5.89 Å². The number of nitrogens with zero attached hydrogens (tertiary/aromatic N) is 2. The van der Waals surface area contributed by atoms with E-state index < -0.39 is 5.60 Å². The first-order chi connectivity index (χ1) is 8.17. The van der Waals surface area contributed by atoms with Gasteiger partial charge in [0.15, 0.2) is 16.0 Å². The van der Waals surface area contributed by atoms with Gasteiger partial charge in [0, 0.05) is 5.75 Å². The van der Waals surface area contributed by atoms with Crippen molar-refractivity contribution in [3.05, 3.63) is 22.7 Å². The van der Waals surface area contributed by atoms with Crippen LogP contribution in [0.15, 0.2) is 25.7 Å². The molecule has 0 aliphatic carbocycles. The summed E-state index contributed by atoms with van der Waals surface area (Å²) in [5.41, 5.74) is -0.986. The smallest absolute Gasteiger partial charge is 0.259 e. The molecule has 1 atom stereocenters. The molecule has 1 N–H and O–H groups in total. The van der Waals surface area contributed by atoms with Crippen LogP contribution in [-0.4, -0.2) is 26.8 Å². The third-order valence-electron chi connectivity index (χ3n) is 2.62.